The van der Waals surface area contributed by atoms with Crippen LogP contribution < -0.4 is 0 Å². The van der Waals surface area contributed by atoms with Crippen LogP contribution in [0.15, 0.2) is 0 Å². The van der Waals surface area contributed by atoms with Gasteiger partial charge in [-0.25, -0.2) is 4.79 Å². The molecule has 1 N–H and O–H groups in total. The predicted octanol–water partition coefficient (Wildman–Crippen LogP) is 2.59. The largest absolute Gasteiger partial charge is 0.479 e. The summed E-state index contributed by atoms with van der Waals surface area (Å²) in [5, 5.41) is 9.73. The molecule has 0 aliphatic heterocycles. The molecule has 122 valence electrons. The van der Waals surface area contributed by atoms with E-state index in [1.165, 1.54) is 6.92 Å². The maximum absolute atomic E-state index is 11.9. The molecule has 0 aromatic rings. The minimum atomic E-state index is -1.53. The van der Waals surface area contributed by atoms with Gasteiger partial charge in [-0.15, -0.1) is 0 Å². The Morgan fingerprint density at radius 1 is 1.24 bits per heavy atom. The van der Waals surface area contributed by atoms with Gasteiger partial charge in [0, 0.05) is 13.3 Å². The first kappa shape index (κ1) is 18.2. The number of hydrogen-bond donors (Lipinski definition) is 1. The van der Waals surface area contributed by atoms with Gasteiger partial charge in [-0.05, 0) is 37.3 Å². The van der Waals surface area contributed by atoms with Gasteiger partial charge in [-0.2, -0.15) is 0 Å². The van der Waals surface area contributed by atoms with Crippen molar-refractivity contribution in [3.8, 4) is 0 Å². The summed E-state index contributed by atoms with van der Waals surface area (Å²) in [6.45, 7) is 11.6. The van der Waals surface area contributed by atoms with E-state index in [1.807, 2.05) is 13.1 Å². The molecule has 0 bridgehead atoms. The Hall–Kier alpha value is -0.883. The van der Waals surface area contributed by atoms with Crippen molar-refractivity contribution in [1.29, 1.82) is 0 Å². The lowest BCUT2D eigenvalue weighted by atomic mass is 9.66. The van der Waals surface area contributed by atoms with Gasteiger partial charge in [-0.1, -0.05) is 20.8 Å². The maximum Gasteiger partial charge on any atom is 0.334 e. The minimum absolute atomic E-state index is 0.0542. The lowest BCUT2D eigenvalue weighted by Gasteiger charge is -2.46. The van der Waals surface area contributed by atoms with Crippen LogP contribution in [0.4, 0.5) is 0 Å². The van der Waals surface area contributed by atoms with E-state index in [9.17, 15) is 14.7 Å². The van der Waals surface area contributed by atoms with Crippen molar-refractivity contribution in [2.75, 3.05) is 0 Å². The zero-order chi connectivity index (χ0) is 16.4. The molecule has 21 heavy (non-hydrogen) atoms. The van der Waals surface area contributed by atoms with Crippen LogP contribution in [0.3, 0.4) is 0 Å². The quantitative estimate of drug-likeness (QED) is 0.637. The fraction of sp³-hybridized carbons (Fsp3) is 0.867. The molecule has 3 atom stereocenters. The highest BCUT2D eigenvalue weighted by Crippen LogP contribution is 2.45. The average molecular weight is 316 g/mol. The first-order valence-corrected chi connectivity index (χ1v) is 10.3. The lowest BCUT2D eigenvalue weighted by Crippen LogP contribution is -2.54. The van der Waals surface area contributed by atoms with Crippen LogP contribution >= 0.6 is 0 Å². The van der Waals surface area contributed by atoms with Gasteiger partial charge < -0.3 is 14.3 Å². The number of aliphatic carboxylic acids is 1. The molecule has 0 aromatic heterocycles. The molecule has 0 radical (unpaired) electrons. The van der Waals surface area contributed by atoms with Crippen LogP contribution in [-0.2, 0) is 18.8 Å². The second-order valence-corrected chi connectivity index (χ2v) is 9.74. The number of ether oxygens (including phenoxy) is 1. The molecule has 0 spiro atoms. The zero-order valence-corrected chi connectivity index (χ0v) is 15.1. The summed E-state index contributed by atoms with van der Waals surface area (Å²) in [5.74, 6) is -1.16. The molecule has 6 heteroatoms. The molecule has 1 aliphatic carbocycles. The van der Waals surface area contributed by atoms with Gasteiger partial charge in [0.05, 0.1) is 0 Å². The molecular weight excluding hydrogens is 288 g/mol. The summed E-state index contributed by atoms with van der Waals surface area (Å²) in [5.41, 5.74) is -1.27. The van der Waals surface area contributed by atoms with E-state index < -0.39 is 20.6 Å². The fourth-order valence-electron chi connectivity index (χ4n) is 3.09. The van der Waals surface area contributed by atoms with Crippen molar-refractivity contribution in [3.63, 3.8) is 0 Å². The van der Waals surface area contributed by atoms with E-state index in [4.69, 9.17) is 9.16 Å². The monoisotopic (exact) mass is 316 g/mol. The van der Waals surface area contributed by atoms with E-state index in [1.54, 1.807) is 0 Å². The van der Waals surface area contributed by atoms with Gasteiger partial charge in [0.25, 0.3) is 0 Å². The summed E-state index contributed by atoms with van der Waals surface area (Å²) in [7, 11) is -1.53. The first-order chi connectivity index (χ1) is 9.46. The van der Waals surface area contributed by atoms with Crippen LogP contribution in [0.5, 0.6) is 0 Å². The summed E-state index contributed by atoms with van der Waals surface area (Å²) in [6.07, 6.45) is 1.04. The normalized spacial score (nSPS) is 30.2. The summed E-state index contributed by atoms with van der Waals surface area (Å²) in [6, 6.07) is 0. The third kappa shape index (κ3) is 4.81. The van der Waals surface area contributed by atoms with Gasteiger partial charge in [0.15, 0.2) is 14.6 Å². The van der Waals surface area contributed by atoms with Crippen molar-refractivity contribution in [1.82, 2.24) is 0 Å². The van der Waals surface area contributed by atoms with E-state index in [2.05, 4.69) is 20.8 Å². The Morgan fingerprint density at radius 3 is 2.19 bits per heavy atom. The molecule has 0 amide bonds. The maximum atomic E-state index is 11.9. The highest BCUT2D eigenvalue weighted by molar-refractivity contribution is 6.48. The molecule has 5 nitrogen and oxygen atoms in total. The molecule has 1 saturated carbocycles. The average Bonchev–Trinajstić information content (AvgIpc) is 2.24. The molecule has 1 aliphatic rings. The molecule has 1 fully saturated rings. The Morgan fingerprint density at radius 2 is 1.81 bits per heavy atom. The smallest absolute Gasteiger partial charge is 0.334 e. The summed E-state index contributed by atoms with van der Waals surface area (Å²) in [4.78, 5) is 23.1. The highest BCUT2D eigenvalue weighted by atomic mass is 28.3. The molecule has 0 aromatic carbocycles. The lowest BCUT2D eigenvalue weighted by molar-refractivity contribution is -0.175. The van der Waals surface area contributed by atoms with Crippen LogP contribution in [0.2, 0.25) is 13.1 Å². The van der Waals surface area contributed by atoms with Crippen LogP contribution in [0, 0.1) is 11.3 Å². The number of carbonyl (C=O) groups excluding carboxylic acids is 1. The van der Waals surface area contributed by atoms with Crippen molar-refractivity contribution in [3.05, 3.63) is 0 Å². The second-order valence-electron chi connectivity index (χ2n) is 7.40. The van der Waals surface area contributed by atoms with Crippen molar-refractivity contribution in [2.24, 2.45) is 11.3 Å². The molecule has 1 rings (SSSR count). The van der Waals surface area contributed by atoms with E-state index >= 15 is 0 Å². The Kier molecular flexibility index (Phi) is 5.61. The highest BCUT2D eigenvalue weighted by Gasteiger charge is 2.51. The third-order valence-corrected chi connectivity index (χ3v) is 5.01. The minimum Gasteiger partial charge on any atom is -0.479 e. The van der Waals surface area contributed by atoms with Crippen molar-refractivity contribution in [2.45, 2.75) is 71.8 Å². The van der Waals surface area contributed by atoms with Gasteiger partial charge >= 0.3 is 11.9 Å². The number of rotatable bonds is 4. The van der Waals surface area contributed by atoms with E-state index in [-0.39, 0.29) is 29.8 Å². The summed E-state index contributed by atoms with van der Waals surface area (Å²) < 4.78 is 11.3. The summed E-state index contributed by atoms with van der Waals surface area (Å²) >= 11 is 0. The molecule has 0 saturated heterocycles. The first-order valence-electron chi connectivity index (χ1n) is 7.54. The number of carboxylic acids is 1. The van der Waals surface area contributed by atoms with Gasteiger partial charge in [0.2, 0.25) is 0 Å². The SMILES string of the molecule is CC(=O)O[C@H]1C[C@@H](C(C)(C)C)C[C@](O[SiH](C)C)(C(=O)O)C1. The molecule has 0 unspecified atom stereocenters. The van der Waals surface area contributed by atoms with E-state index in [0.717, 1.165) is 0 Å². The Labute approximate surface area is 128 Å². The fourth-order valence-corrected chi connectivity index (χ4v) is 4.29. The third-order valence-electron chi connectivity index (χ3n) is 4.09. The van der Waals surface area contributed by atoms with Gasteiger partial charge in [-0.3, -0.25) is 4.79 Å². The zero-order valence-electron chi connectivity index (χ0n) is 13.9. The predicted molar refractivity (Wildman–Crippen MR) is 82.7 cm³/mol. The number of esters is 1. The topological polar surface area (TPSA) is 72.8 Å². The van der Waals surface area contributed by atoms with Crippen molar-refractivity contribution >= 4 is 21.0 Å². The Balaban J connectivity index is 3.09. The van der Waals surface area contributed by atoms with Crippen molar-refractivity contribution < 1.29 is 23.9 Å². The number of carboxylic acid groups (broad SMARTS) is 1. The van der Waals surface area contributed by atoms with Crippen LogP contribution in [0.25, 0.3) is 0 Å². The molecule has 0 heterocycles. The Bertz CT molecular complexity index is 401. The van der Waals surface area contributed by atoms with Crippen LogP contribution in [-0.4, -0.2) is 37.8 Å². The number of hydrogen-bond acceptors (Lipinski definition) is 4. The van der Waals surface area contributed by atoms with Crippen LogP contribution in [0.1, 0.15) is 47.0 Å². The van der Waals surface area contributed by atoms with E-state index in [0.29, 0.717) is 12.8 Å². The standard InChI is InChI=1S/C15H28O5Si/c1-10(16)19-12-7-11(14(2,3)4)8-15(9-12,13(17)18)20-21(5)6/h11-12,21H,7-9H2,1-6H3,(H,17,18)/t11-,12+,15-/m1/s1. The molecular formula is C15H28O5Si. The van der Waals surface area contributed by atoms with Gasteiger partial charge in [0.1, 0.15) is 6.10 Å². The second kappa shape index (κ2) is 6.48. The number of carbonyl (C=O) groups is 2.